The van der Waals surface area contributed by atoms with Gasteiger partial charge < -0.3 is 19.6 Å². The number of hydrogen-bond donors (Lipinski definition) is 2. The summed E-state index contributed by atoms with van der Waals surface area (Å²) in [6.45, 7) is 4.91. The molecule has 4 heteroatoms. The van der Waals surface area contributed by atoms with Crippen LogP contribution in [0.4, 0.5) is 11.4 Å². The summed E-state index contributed by atoms with van der Waals surface area (Å²) in [5.74, 6) is 0. The highest BCUT2D eigenvalue weighted by molar-refractivity contribution is 5.62. The summed E-state index contributed by atoms with van der Waals surface area (Å²) in [5, 5.41) is 10.6. The van der Waals surface area contributed by atoms with Crippen LogP contribution in [0.25, 0.3) is 0 Å². The number of para-hydroxylation sites is 2. The van der Waals surface area contributed by atoms with Crippen molar-refractivity contribution >= 4 is 11.4 Å². The van der Waals surface area contributed by atoms with Gasteiger partial charge in [0.25, 0.3) is 0 Å². The molecule has 0 radical (unpaired) electrons. The summed E-state index contributed by atoms with van der Waals surface area (Å²) >= 11 is 0. The first-order valence-electron chi connectivity index (χ1n) is 8.30. The van der Waals surface area contributed by atoms with Gasteiger partial charge in [-0.15, -0.1) is 0 Å². The second-order valence-corrected chi connectivity index (χ2v) is 6.00. The van der Waals surface area contributed by atoms with Crippen LogP contribution in [0.1, 0.15) is 0 Å². The number of aliphatic hydroxyl groups is 1. The smallest absolute Gasteiger partial charge is 0.121 e. The molecule has 4 nitrogen and oxygen atoms in total. The molecule has 0 bridgehead atoms. The van der Waals surface area contributed by atoms with Crippen LogP contribution in [-0.4, -0.2) is 50.6 Å². The minimum Gasteiger partial charge on any atom is -0.385 e. The van der Waals surface area contributed by atoms with Crippen LogP contribution in [0.3, 0.4) is 0 Å². The van der Waals surface area contributed by atoms with Gasteiger partial charge in [-0.25, -0.2) is 0 Å². The molecule has 3 rings (SSSR count). The van der Waals surface area contributed by atoms with E-state index >= 15 is 0 Å². The van der Waals surface area contributed by atoms with Crippen molar-refractivity contribution in [1.82, 2.24) is 0 Å². The van der Waals surface area contributed by atoms with Crippen LogP contribution in [0.5, 0.6) is 0 Å². The topological polar surface area (TPSA) is 37.1 Å². The average Bonchev–Trinajstić information content (AvgIpc) is 2.62. The number of nitrogens with one attached hydrogen (secondary N) is 1. The number of ether oxygens (including phenoxy) is 1. The molecule has 1 unspecified atom stereocenters. The van der Waals surface area contributed by atoms with Crippen molar-refractivity contribution in [3.05, 3.63) is 60.7 Å². The van der Waals surface area contributed by atoms with Gasteiger partial charge in [0, 0.05) is 11.4 Å². The van der Waals surface area contributed by atoms with Crippen molar-refractivity contribution in [2.75, 3.05) is 44.3 Å². The van der Waals surface area contributed by atoms with E-state index in [1.807, 2.05) is 36.4 Å². The predicted octanol–water partition coefficient (Wildman–Crippen LogP) is 1.10. The molecule has 1 fully saturated rings. The molecule has 1 heterocycles. The number of nitrogens with zero attached hydrogens (tertiary/aromatic N) is 1. The Morgan fingerprint density at radius 3 is 1.96 bits per heavy atom. The van der Waals surface area contributed by atoms with Gasteiger partial charge in [-0.3, -0.25) is 0 Å². The van der Waals surface area contributed by atoms with E-state index in [1.165, 1.54) is 4.90 Å². The van der Waals surface area contributed by atoms with Gasteiger partial charge in [0.05, 0.1) is 19.8 Å². The Labute approximate surface area is 137 Å². The molecule has 0 spiro atoms. The maximum absolute atomic E-state index is 10.6. The summed E-state index contributed by atoms with van der Waals surface area (Å²) in [4.78, 5) is 3.61. The quantitative estimate of drug-likeness (QED) is 0.839. The van der Waals surface area contributed by atoms with Gasteiger partial charge in [0.15, 0.2) is 0 Å². The van der Waals surface area contributed by atoms with Crippen molar-refractivity contribution in [3.63, 3.8) is 0 Å². The molecule has 0 aliphatic carbocycles. The Balaban J connectivity index is 1.71. The van der Waals surface area contributed by atoms with Crippen LogP contribution in [-0.2, 0) is 4.74 Å². The highest BCUT2D eigenvalue weighted by Gasteiger charge is 2.21. The molecular weight excluding hydrogens is 288 g/mol. The maximum Gasteiger partial charge on any atom is 0.121 e. The zero-order valence-electron chi connectivity index (χ0n) is 13.4. The molecule has 2 N–H and O–H groups in total. The molecule has 1 atom stereocenters. The van der Waals surface area contributed by atoms with Crippen molar-refractivity contribution < 1.29 is 14.7 Å². The van der Waals surface area contributed by atoms with E-state index in [0.717, 1.165) is 44.2 Å². The van der Waals surface area contributed by atoms with Crippen LogP contribution >= 0.6 is 0 Å². The fourth-order valence-electron chi connectivity index (χ4n) is 3.05. The van der Waals surface area contributed by atoms with Crippen LogP contribution in [0.15, 0.2) is 60.7 Å². The lowest BCUT2D eigenvalue weighted by Gasteiger charge is -2.30. The minimum atomic E-state index is -0.372. The van der Waals surface area contributed by atoms with Crippen molar-refractivity contribution in [1.29, 1.82) is 0 Å². The molecule has 23 heavy (non-hydrogen) atoms. The Kier molecular flexibility index (Phi) is 5.64. The SMILES string of the molecule is OC(CN(c1ccccc1)c1ccccc1)C[NH+]1CCOCC1. The molecule has 1 saturated heterocycles. The predicted molar refractivity (Wildman–Crippen MR) is 92.3 cm³/mol. The van der Waals surface area contributed by atoms with Gasteiger partial charge in [0.2, 0.25) is 0 Å². The fourth-order valence-corrected chi connectivity index (χ4v) is 3.05. The van der Waals surface area contributed by atoms with E-state index in [2.05, 4.69) is 29.2 Å². The maximum atomic E-state index is 10.6. The third-order valence-corrected chi connectivity index (χ3v) is 4.25. The highest BCUT2D eigenvalue weighted by Crippen LogP contribution is 2.24. The largest absolute Gasteiger partial charge is 0.385 e. The number of rotatable bonds is 6. The summed E-state index contributed by atoms with van der Waals surface area (Å²) in [7, 11) is 0. The van der Waals surface area contributed by atoms with Gasteiger partial charge in [0.1, 0.15) is 25.7 Å². The van der Waals surface area contributed by atoms with Gasteiger partial charge >= 0.3 is 0 Å². The van der Waals surface area contributed by atoms with Crippen molar-refractivity contribution in [2.45, 2.75) is 6.10 Å². The lowest BCUT2D eigenvalue weighted by Crippen LogP contribution is -3.15. The number of morpholine rings is 1. The number of anilines is 2. The van der Waals surface area contributed by atoms with E-state index in [-0.39, 0.29) is 6.10 Å². The number of aliphatic hydroxyl groups excluding tert-OH is 1. The standard InChI is InChI=1S/C19H24N2O2/c22-19(15-20-11-13-23-14-12-20)16-21(17-7-3-1-4-8-17)18-9-5-2-6-10-18/h1-10,19,22H,11-16H2/p+1. The van der Waals surface area contributed by atoms with E-state index in [1.54, 1.807) is 0 Å². The summed E-state index contributed by atoms with van der Waals surface area (Å²) in [5.41, 5.74) is 2.21. The van der Waals surface area contributed by atoms with E-state index in [9.17, 15) is 5.11 Å². The first kappa shape index (κ1) is 16.0. The normalized spacial score (nSPS) is 16.9. The molecule has 1 aliphatic heterocycles. The molecule has 0 amide bonds. The number of quaternary nitrogens is 1. The second-order valence-electron chi connectivity index (χ2n) is 6.00. The van der Waals surface area contributed by atoms with Crippen molar-refractivity contribution in [3.8, 4) is 0 Å². The number of hydrogen-bond acceptors (Lipinski definition) is 3. The molecule has 122 valence electrons. The molecule has 2 aromatic carbocycles. The lowest BCUT2D eigenvalue weighted by atomic mass is 10.2. The fraction of sp³-hybridized carbons (Fsp3) is 0.368. The first-order chi connectivity index (χ1) is 11.3. The van der Waals surface area contributed by atoms with E-state index in [4.69, 9.17) is 4.74 Å². The van der Waals surface area contributed by atoms with Crippen LogP contribution in [0.2, 0.25) is 0 Å². The van der Waals surface area contributed by atoms with E-state index in [0.29, 0.717) is 6.54 Å². The minimum absolute atomic E-state index is 0.372. The molecule has 0 aromatic heterocycles. The van der Waals surface area contributed by atoms with Crippen LogP contribution in [0, 0.1) is 0 Å². The Hall–Kier alpha value is -1.88. The highest BCUT2D eigenvalue weighted by atomic mass is 16.5. The molecule has 0 saturated carbocycles. The van der Waals surface area contributed by atoms with Gasteiger partial charge in [-0.2, -0.15) is 0 Å². The Bertz CT molecular complexity index is 531. The number of benzene rings is 2. The second kappa shape index (κ2) is 8.11. The summed E-state index contributed by atoms with van der Waals surface area (Å²) in [6.07, 6.45) is -0.372. The third kappa shape index (κ3) is 4.55. The lowest BCUT2D eigenvalue weighted by molar-refractivity contribution is -0.910. The average molecular weight is 313 g/mol. The monoisotopic (exact) mass is 313 g/mol. The third-order valence-electron chi connectivity index (χ3n) is 4.25. The summed E-state index contributed by atoms with van der Waals surface area (Å²) < 4.78 is 5.39. The first-order valence-corrected chi connectivity index (χ1v) is 8.30. The van der Waals surface area contributed by atoms with Crippen LogP contribution < -0.4 is 9.80 Å². The summed E-state index contributed by atoms with van der Waals surface area (Å²) in [6, 6.07) is 20.5. The van der Waals surface area contributed by atoms with Gasteiger partial charge in [-0.1, -0.05) is 36.4 Å². The Morgan fingerprint density at radius 1 is 0.913 bits per heavy atom. The van der Waals surface area contributed by atoms with E-state index < -0.39 is 0 Å². The molecular formula is C19H25N2O2+. The van der Waals surface area contributed by atoms with Crippen molar-refractivity contribution in [2.24, 2.45) is 0 Å². The Morgan fingerprint density at radius 2 is 1.43 bits per heavy atom. The van der Waals surface area contributed by atoms with Gasteiger partial charge in [-0.05, 0) is 24.3 Å². The zero-order valence-corrected chi connectivity index (χ0v) is 13.4. The zero-order chi connectivity index (χ0) is 15.9. The molecule has 1 aliphatic rings. The molecule has 2 aromatic rings.